The molecule has 0 N–H and O–H groups in total. The Kier molecular flexibility index (Phi) is 7.30. The lowest BCUT2D eigenvalue weighted by Gasteiger charge is -2.36. The summed E-state index contributed by atoms with van der Waals surface area (Å²) in [6.45, 7) is 4.94. The molecular weight excluding hydrogens is 486 g/mol. The fourth-order valence-electron chi connectivity index (χ4n) is 4.78. The van der Waals surface area contributed by atoms with Gasteiger partial charge < -0.3 is 23.8 Å². The van der Waals surface area contributed by atoms with Crippen molar-refractivity contribution in [1.82, 2.24) is 19.8 Å². The van der Waals surface area contributed by atoms with Gasteiger partial charge in [0.15, 0.2) is 5.52 Å². The minimum atomic E-state index is -0.324. The molecule has 1 aliphatic heterocycles. The molecule has 10 nitrogen and oxygen atoms in total. The van der Waals surface area contributed by atoms with Gasteiger partial charge in [-0.25, -0.2) is 4.68 Å². The van der Waals surface area contributed by atoms with Crippen molar-refractivity contribution < 1.29 is 18.8 Å². The number of nitrogens with zero attached hydrogens (tertiary/aromatic N) is 5. The van der Waals surface area contributed by atoms with Crippen molar-refractivity contribution in [3.8, 4) is 22.8 Å². The minimum Gasteiger partial charge on any atom is -0.497 e. The minimum absolute atomic E-state index is 0.0844. The molecule has 2 aromatic carbocycles. The van der Waals surface area contributed by atoms with E-state index in [0.717, 1.165) is 35.8 Å². The summed E-state index contributed by atoms with van der Waals surface area (Å²) in [7, 11) is 3.26. The Bertz CT molecular complexity index is 1470. The van der Waals surface area contributed by atoms with Gasteiger partial charge in [0.25, 0.3) is 5.56 Å². The van der Waals surface area contributed by atoms with Crippen LogP contribution in [0.25, 0.3) is 22.2 Å². The quantitative estimate of drug-likeness (QED) is 0.350. The highest BCUT2D eigenvalue weighted by Crippen LogP contribution is 2.28. The molecule has 198 valence electrons. The van der Waals surface area contributed by atoms with Crippen LogP contribution in [0, 0.1) is 6.92 Å². The zero-order chi connectivity index (χ0) is 26.6. The van der Waals surface area contributed by atoms with Crippen LogP contribution in [0.5, 0.6) is 11.5 Å². The molecule has 0 bridgehead atoms. The van der Waals surface area contributed by atoms with E-state index in [1.54, 1.807) is 21.1 Å². The number of rotatable bonds is 8. The normalized spacial score (nSPS) is 13.7. The molecule has 0 spiro atoms. The maximum atomic E-state index is 13.1. The summed E-state index contributed by atoms with van der Waals surface area (Å²) >= 11 is 0. The number of anilines is 1. The number of hydrogen-bond donors (Lipinski definition) is 0. The van der Waals surface area contributed by atoms with Crippen LogP contribution in [0.1, 0.15) is 18.6 Å². The summed E-state index contributed by atoms with van der Waals surface area (Å²) in [5, 5.41) is 9.24. The molecule has 10 heteroatoms. The number of carbonyl (C=O) groups excluding carboxylic acids is 1. The Hall–Kier alpha value is -4.34. The van der Waals surface area contributed by atoms with Gasteiger partial charge in [0.2, 0.25) is 5.91 Å². The molecule has 5 rings (SSSR count). The Morgan fingerprint density at radius 3 is 2.21 bits per heavy atom. The molecule has 0 aliphatic carbocycles. The van der Waals surface area contributed by atoms with Gasteiger partial charge in [-0.15, -0.1) is 0 Å². The molecule has 4 aromatic rings. The molecule has 38 heavy (non-hydrogen) atoms. The Balaban J connectivity index is 1.23. The molecule has 0 radical (unpaired) electrons. The van der Waals surface area contributed by atoms with Crippen LogP contribution in [0.15, 0.2) is 57.8 Å². The molecule has 2 aromatic heterocycles. The number of piperazine rings is 1. The summed E-state index contributed by atoms with van der Waals surface area (Å²) in [5.41, 5.74) is 2.47. The van der Waals surface area contributed by atoms with Crippen molar-refractivity contribution >= 4 is 22.5 Å². The topological polar surface area (TPSA) is 103 Å². The number of ether oxygens (including phenoxy) is 2. The lowest BCUT2D eigenvalue weighted by molar-refractivity contribution is -0.131. The van der Waals surface area contributed by atoms with Crippen LogP contribution in [0.3, 0.4) is 0 Å². The lowest BCUT2D eigenvalue weighted by Crippen LogP contribution is -2.48. The van der Waals surface area contributed by atoms with E-state index < -0.39 is 0 Å². The van der Waals surface area contributed by atoms with Gasteiger partial charge in [-0.1, -0.05) is 5.16 Å². The molecule has 1 amide bonds. The smallest absolute Gasteiger partial charge is 0.296 e. The number of amides is 1. The van der Waals surface area contributed by atoms with Crippen LogP contribution >= 0.6 is 0 Å². The zero-order valence-electron chi connectivity index (χ0n) is 21.8. The molecule has 1 fully saturated rings. The van der Waals surface area contributed by atoms with Crippen molar-refractivity contribution in [2.24, 2.45) is 0 Å². The molecular formula is C28H31N5O5. The van der Waals surface area contributed by atoms with E-state index >= 15 is 0 Å². The highest BCUT2D eigenvalue weighted by Gasteiger charge is 2.22. The molecule has 1 aliphatic rings. The zero-order valence-corrected chi connectivity index (χ0v) is 21.8. The van der Waals surface area contributed by atoms with E-state index in [-0.39, 0.29) is 17.0 Å². The Morgan fingerprint density at radius 1 is 0.947 bits per heavy atom. The first kappa shape index (κ1) is 25.3. The highest BCUT2D eigenvalue weighted by atomic mass is 16.5. The molecule has 3 heterocycles. The van der Waals surface area contributed by atoms with Crippen LogP contribution in [-0.2, 0) is 11.3 Å². The maximum Gasteiger partial charge on any atom is 0.296 e. The van der Waals surface area contributed by atoms with Gasteiger partial charge >= 0.3 is 0 Å². The van der Waals surface area contributed by atoms with Gasteiger partial charge in [-0.3, -0.25) is 9.59 Å². The molecule has 1 saturated heterocycles. The van der Waals surface area contributed by atoms with E-state index in [1.165, 1.54) is 4.68 Å². The highest BCUT2D eigenvalue weighted by molar-refractivity contribution is 5.93. The van der Waals surface area contributed by atoms with Gasteiger partial charge in [0.05, 0.1) is 19.6 Å². The average Bonchev–Trinajstić information content (AvgIpc) is 3.36. The number of methoxy groups -OCH3 is 2. The molecule has 0 atom stereocenters. The largest absolute Gasteiger partial charge is 0.497 e. The number of aryl methyl sites for hydroxylation is 2. The van der Waals surface area contributed by atoms with Crippen molar-refractivity contribution in [1.29, 1.82) is 0 Å². The van der Waals surface area contributed by atoms with Crippen molar-refractivity contribution in [3.05, 3.63) is 64.6 Å². The van der Waals surface area contributed by atoms with E-state index in [4.69, 9.17) is 14.0 Å². The number of hydrogen-bond acceptors (Lipinski definition) is 8. The first-order valence-electron chi connectivity index (χ1n) is 12.7. The average molecular weight is 518 g/mol. The summed E-state index contributed by atoms with van der Waals surface area (Å²) in [6, 6.07) is 15.4. The van der Waals surface area contributed by atoms with Gasteiger partial charge in [0.1, 0.15) is 23.0 Å². The van der Waals surface area contributed by atoms with Gasteiger partial charge in [-0.05, 0) is 61.9 Å². The summed E-state index contributed by atoms with van der Waals surface area (Å²) < 4.78 is 17.2. The van der Waals surface area contributed by atoms with Crippen molar-refractivity contribution in [2.75, 3.05) is 45.3 Å². The number of benzene rings is 2. The van der Waals surface area contributed by atoms with Gasteiger partial charge in [-0.2, -0.15) is 5.10 Å². The number of aromatic nitrogens is 3. The van der Waals surface area contributed by atoms with Crippen LogP contribution in [0.2, 0.25) is 0 Å². The van der Waals surface area contributed by atoms with Crippen LogP contribution in [-0.4, -0.2) is 66.1 Å². The predicted octanol–water partition coefficient (Wildman–Crippen LogP) is 3.51. The monoisotopic (exact) mass is 517 g/mol. The van der Waals surface area contributed by atoms with E-state index in [1.807, 2.05) is 53.4 Å². The SMILES string of the molecule is COc1ccc(-c2nn(CCCC(=O)N3CCN(c4ccc(OC)cc4)CC3)c(=O)c3noc(C)c23)cc1. The standard InChI is InChI=1S/C28H31N5O5/c1-19-25-26(20-6-10-22(36-2)11-7-20)29-33(28(35)27(25)30-38-19)14-4-5-24(34)32-17-15-31(16-18-32)21-8-12-23(37-3)13-9-21/h6-13H,4-5,14-18H2,1-3H3. The second-order valence-electron chi connectivity index (χ2n) is 9.24. The predicted molar refractivity (Wildman–Crippen MR) is 144 cm³/mol. The Labute approximate surface area is 220 Å². The fraction of sp³-hybridized carbons (Fsp3) is 0.357. The van der Waals surface area contributed by atoms with E-state index in [2.05, 4.69) is 15.2 Å². The Morgan fingerprint density at radius 2 is 1.58 bits per heavy atom. The number of fused-ring (bicyclic) bond motifs is 1. The summed E-state index contributed by atoms with van der Waals surface area (Å²) in [6.07, 6.45) is 0.833. The molecule has 0 unspecified atom stereocenters. The van der Waals surface area contributed by atoms with Crippen molar-refractivity contribution in [3.63, 3.8) is 0 Å². The third-order valence-corrected chi connectivity index (χ3v) is 6.95. The van der Waals surface area contributed by atoms with Gasteiger partial charge in [0, 0.05) is 50.4 Å². The van der Waals surface area contributed by atoms with Crippen molar-refractivity contribution in [2.45, 2.75) is 26.3 Å². The first-order chi connectivity index (χ1) is 18.5. The first-order valence-corrected chi connectivity index (χ1v) is 12.7. The van der Waals surface area contributed by atoms with E-state index in [9.17, 15) is 9.59 Å². The number of carbonyl (C=O) groups is 1. The summed E-state index contributed by atoms with van der Waals surface area (Å²) in [4.78, 5) is 30.1. The summed E-state index contributed by atoms with van der Waals surface area (Å²) in [5.74, 6) is 2.17. The van der Waals surface area contributed by atoms with Crippen LogP contribution in [0.4, 0.5) is 5.69 Å². The lowest BCUT2D eigenvalue weighted by atomic mass is 10.1. The third-order valence-electron chi connectivity index (χ3n) is 6.95. The third kappa shape index (κ3) is 5.06. The second-order valence-corrected chi connectivity index (χ2v) is 9.24. The second kappa shape index (κ2) is 11.0. The fourth-order valence-corrected chi connectivity index (χ4v) is 4.78. The van der Waals surface area contributed by atoms with Crippen LogP contribution < -0.4 is 19.9 Å². The maximum absolute atomic E-state index is 13.1. The van der Waals surface area contributed by atoms with E-state index in [0.29, 0.717) is 49.3 Å². The molecule has 0 saturated carbocycles.